The first-order chi connectivity index (χ1) is 8.31. The molecule has 0 radical (unpaired) electrons. The van der Waals surface area contributed by atoms with Gasteiger partial charge in [0.15, 0.2) is 0 Å². The molecule has 0 spiro atoms. The Balaban J connectivity index is 2.04. The van der Waals surface area contributed by atoms with Gasteiger partial charge < -0.3 is 14.4 Å². The third kappa shape index (κ3) is 2.97. The number of carbonyl (C=O) groups excluding carboxylic acids is 1. The van der Waals surface area contributed by atoms with Gasteiger partial charge in [0.1, 0.15) is 0 Å². The van der Waals surface area contributed by atoms with Crippen molar-refractivity contribution in [1.82, 2.24) is 4.90 Å². The van der Waals surface area contributed by atoms with Crippen LogP contribution in [0.1, 0.15) is 5.56 Å². The van der Waals surface area contributed by atoms with Gasteiger partial charge in [0.2, 0.25) is 0 Å². The molecule has 2 rings (SSSR count). The van der Waals surface area contributed by atoms with Crippen LogP contribution in [-0.4, -0.2) is 43.9 Å². The highest BCUT2D eigenvalue weighted by Gasteiger charge is 2.27. The summed E-state index contributed by atoms with van der Waals surface area (Å²) in [5, 5.41) is 0. The number of carbonyl (C=O) groups is 1. The summed E-state index contributed by atoms with van der Waals surface area (Å²) in [6.07, 6.45) is 0.532. The summed E-state index contributed by atoms with van der Waals surface area (Å²) in [5.74, 6) is 0. The number of benzene rings is 1. The first-order valence-corrected chi connectivity index (χ1v) is 5.77. The molecule has 4 heteroatoms. The fraction of sp³-hybridized carbons (Fsp3) is 0.462. The number of morpholine rings is 1. The van der Waals surface area contributed by atoms with Gasteiger partial charge in [-0.05, 0) is 12.0 Å². The standard InChI is InChI=1S/C13H17NO3/c1-16-13(15)14-7-8-17-10-12(14)9-11-5-3-2-4-6-11/h2-6,12H,7-10H2,1H3. The molecule has 0 saturated carbocycles. The lowest BCUT2D eigenvalue weighted by molar-refractivity contribution is -0.00412. The summed E-state index contributed by atoms with van der Waals surface area (Å²) in [7, 11) is 1.41. The van der Waals surface area contributed by atoms with E-state index >= 15 is 0 Å². The second kappa shape index (κ2) is 5.68. The van der Waals surface area contributed by atoms with Crippen LogP contribution < -0.4 is 0 Å². The van der Waals surface area contributed by atoms with Gasteiger partial charge in [0.05, 0.1) is 26.4 Å². The summed E-state index contributed by atoms with van der Waals surface area (Å²) in [6.45, 7) is 1.76. The fourth-order valence-corrected chi connectivity index (χ4v) is 2.07. The van der Waals surface area contributed by atoms with Crippen LogP contribution in [0.15, 0.2) is 30.3 Å². The Hall–Kier alpha value is -1.55. The first kappa shape index (κ1) is 11.9. The van der Waals surface area contributed by atoms with Gasteiger partial charge in [-0.2, -0.15) is 0 Å². The highest BCUT2D eigenvalue weighted by molar-refractivity contribution is 5.68. The zero-order valence-corrected chi connectivity index (χ0v) is 9.96. The highest BCUT2D eigenvalue weighted by atomic mass is 16.5. The van der Waals surface area contributed by atoms with Gasteiger partial charge in [-0.3, -0.25) is 0 Å². The van der Waals surface area contributed by atoms with Crippen molar-refractivity contribution in [3.63, 3.8) is 0 Å². The Labute approximate surface area is 101 Å². The zero-order valence-electron chi connectivity index (χ0n) is 9.96. The molecular formula is C13H17NO3. The van der Waals surface area contributed by atoms with E-state index in [0.717, 1.165) is 6.42 Å². The Morgan fingerprint density at radius 2 is 2.24 bits per heavy atom. The third-order valence-electron chi connectivity index (χ3n) is 2.95. The average molecular weight is 235 g/mol. The van der Waals surface area contributed by atoms with Crippen LogP contribution in [-0.2, 0) is 15.9 Å². The van der Waals surface area contributed by atoms with E-state index in [2.05, 4.69) is 12.1 Å². The summed E-state index contributed by atoms with van der Waals surface area (Å²) in [6, 6.07) is 10.2. The molecule has 92 valence electrons. The van der Waals surface area contributed by atoms with Crippen molar-refractivity contribution in [2.45, 2.75) is 12.5 Å². The first-order valence-electron chi connectivity index (χ1n) is 5.77. The molecule has 1 aromatic rings. The number of ether oxygens (including phenoxy) is 2. The molecule has 1 saturated heterocycles. The Morgan fingerprint density at radius 1 is 1.47 bits per heavy atom. The molecule has 1 aliphatic heterocycles. The summed E-state index contributed by atoms with van der Waals surface area (Å²) in [5.41, 5.74) is 1.21. The van der Waals surface area contributed by atoms with Crippen LogP contribution >= 0.6 is 0 Å². The third-order valence-corrected chi connectivity index (χ3v) is 2.95. The van der Waals surface area contributed by atoms with Gasteiger partial charge in [-0.15, -0.1) is 0 Å². The van der Waals surface area contributed by atoms with Crippen LogP contribution in [0.3, 0.4) is 0 Å². The molecule has 1 aromatic carbocycles. The van der Waals surface area contributed by atoms with Crippen molar-refractivity contribution in [1.29, 1.82) is 0 Å². The second-order valence-corrected chi connectivity index (χ2v) is 4.08. The number of methoxy groups -OCH3 is 1. The van der Waals surface area contributed by atoms with Gasteiger partial charge in [-0.25, -0.2) is 4.79 Å². The molecule has 1 aliphatic rings. The topological polar surface area (TPSA) is 38.8 Å². The lowest BCUT2D eigenvalue weighted by atomic mass is 10.0. The van der Waals surface area contributed by atoms with Crippen molar-refractivity contribution in [3.8, 4) is 0 Å². The monoisotopic (exact) mass is 235 g/mol. The Kier molecular flexibility index (Phi) is 3.98. The lowest BCUT2D eigenvalue weighted by Gasteiger charge is -2.34. The molecule has 0 bridgehead atoms. The molecule has 0 aromatic heterocycles. The minimum atomic E-state index is -0.269. The molecule has 1 fully saturated rings. The van der Waals surface area contributed by atoms with Crippen LogP contribution in [0.2, 0.25) is 0 Å². The van der Waals surface area contributed by atoms with Crippen molar-refractivity contribution in [2.75, 3.05) is 26.9 Å². The Morgan fingerprint density at radius 3 is 2.94 bits per heavy atom. The molecule has 4 nitrogen and oxygen atoms in total. The van der Waals surface area contributed by atoms with Crippen molar-refractivity contribution in [2.24, 2.45) is 0 Å². The summed E-state index contributed by atoms with van der Waals surface area (Å²) in [4.78, 5) is 13.4. The van der Waals surface area contributed by atoms with E-state index in [9.17, 15) is 4.79 Å². The van der Waals surface area contributed by atoms with Gasteiger partial charge in [0, 0.05) is 6.54 Å². The molecule has 17 heavy (non-hydrogen) atoms. The number of nitrogens with zero attached hydrogens (tertiary/aromatic N) is 1. The van der Waals surface area contributed by atoms with Crippen LogP contribution in [0, 0.1) is 0 Å². The van der Waals surface area contributed by atoms with E-state index in [0.29, 0.717) is 19.8 Å². The number of rotatable bonds is 2. The molecular weight excluding hydrogens is 218 g/mol. The molecule has 1 heterocycles. The molecule has 1 amide bonds. The normalized spacial score (nSPS) is 20.1. The molecule has 0 N–H and O–H groups in total. The summed E-state index contributed by atoms with van der Waals surface area (Å²) >= 11 is 0. The smallest absolute Gasteiger partial charge is 0.409 e. The molecule has 1 unspecified atom stereocenters. The average Bonchev–Trinajstić information content (AvgIpc) is 2.40. The summed E-state index contributed by atoms with van der Waals surface area (Å²) < 4.78 is 10.2. The minimum absolute atomic E-state index is 0.0681. The Bertz CT molecular complexity index is 366. The zero-order chi connectivity index (χ0) is 12.1. The van der Waals surface area contributed by atoms with Crippen molar-refractivity contribution >= 4 is 6.09 Å². The van der Waals surface area contributed by atoms with E-state index in [1.807, 2.05) is 18.2 Å². The fourth-order valence-electron chi connectivity index (χ4n) is 2.07. The van der Waals surface area contributed by atoms with Crippen molar-refractivity contribution in [3.05, 3.63) is 35.9 Å². The van der Waals surface area contributed by atoms with E-state index in [1.165, 1.54) is 12.7 Å². The lowest BCUT2D eigenvalue weighted by Crippen LogP contribution is -2.49. The van der Waals surface area contributed by atoms with Crippen LogP contribution in [0.4, 0.5) is 4.79 Å². The van der Waals surface area contributed by atoms with Gasteiger partial charge in [-0.1, -0.05) is 30.3 Å². The number of hydrogen-bond donors (Lipinski definition) is 0. The van der Waals surface area contributed by atoms with Crippen LogP contribution in [0.25, 0.3) is 0 Å². The largest absolute Gasteiger partial charge is 0.453 e. The molecule has 0 aliphatic carbocycles. The minimum Gasteiger partial charge on any atom is -0.453 e. The highest BCUT2D eigenvalue weighted by Crippen LogP contribution is 2.14. The van der Waals surface area contributed by atoms with E-state index < -0.39 is 0 Å². The predicted octanol–water partition coefficient (Wildman–Crippen LogP) is 1.70. The van der Waals surface area contributed by atoms with Crippen molar-refractivity contribution < 1.29 is 14.3 Å². The van der Waals surface area contributed by atoms with Gasteiger partial charge in [0.25, 0.3) is 0 Å². The quantitative estimate of drug-likeness (QED) is 0.783. The molecule has 1 atom stereocenters. The number of hydrogen-bond acceptors (Lipinski definition) is 3. The number of amides is 1. The maximum absolute atomic E-state index is 11.6. The maximum Gasteiger partial charge on any atom is 0.409 e. The predicted molar refractivity (Wildman–Crippen MR) is 63.9 cm³/mol. The van der Waals surface area contributed by atoms with Gasteiger partial charge >= 0.3 is 6.09 Å². The SMILES string of the molecule is COC(=O)N1CCOCC1Cc1ccccc1. The van der Waals surface area contributed by atoms with Crippen LogP contribution in [0.5, 0.6) is 0 Å². The second-order valence-electron chi connectivity index (χ2n) is 4.08. The van der Waals surface area contributed by atoms with E-state index in [4.69, 9.17) is 9.47 Å². The maximum atomic E-state index is 11.6. The van der Waals surface area contributed by atoms with E-state index in [-0.39, 0.29) is 12.1 Å². The van der Waals surface area contributed by atoms with E-state index in [1.54, 1.807) is 4.90 Å².